The first kappa shape index (κ1) is 16.9. The van der Waals surface area contributed by atoms with Gasteiger partial charge in [0.2, 0.25) is 0 Å². The van der Waals surface area contributed by atoms with E-state index >= 15 is 0 Å². The minimum absolute atomic E-state index is 0.649. The molecule has 0 unspecified atom stereocenters. The lowest BCUT2D eigenvalue weighted by Gasteiger charge is -2.12. The first-order chi connectivity index (χ1) is 13.2. The Kier molecular flexibility index (Phi) is 4.38. The fourth-order valence-electron chi connectivity index (χ4n) is 3.06. The zero-order valence-electron chi connectivity index (χ0n) is 15.3. The van der Waals surface area contributed by atoms with Crippen LogP contribution in [0.1, 0.15) is 0 Å². The number of benzene rings is 2. The fourth-order valence-corrected chi connectivity index (χ4v) is 3.06. The van der Waals surface area contributed by atoms with E-state index in [9.17, 15) is 0 Å². The number of imidazole rings is 1. The molecule has 6 heteroatoms. The van der Waals surface area contributed by atoms with Gasteiger partial charge in [-0.25, -0.2) is 9.97 Å². The Morgan fingerprint density at radius 2 is 1.59 bits per heavy atom. The maximum absolute atomic E-state index is 5.45. The number of methoxy groups -OCH3 is 3. The van der Waals surface area contributed by atoms with Crippen LogP contribution in [0, 0.1) is 0 Å². The van der Waals surface area contributed by atoms with Crippen molar-refractivity contribution in [1.29, 1.82) is 0 Å². The number of ether oxygens (including phenoxy) is 3. The first-order valence-electron chi connectivity index (χ1n) is 8.45. The van der Waals surface area contributed by atoms with E-state index in [1.807, 2.05) is 59.2 Å². The second-order valence-electron chi connectivity index (χ2n) is 5.88. The molecule has 0 saturated heterocycles. The van der Waals surface area contributed by atoms with Crippen molar-refractivity contribution < 1.29 is 14.2 Å². The van der Waals surface area contributed by atoms with Crippen LogP contribution in [-0.2, 0) is 0 Å². The average molecular weight is 361 g/mol. The molecule has 0 aliphatic carbocycles. The number of rotatable bonds is 5. The highest BCUT2D eigenvalue weighted by Gasteiger charge is 2.17. The van der Waals surface area contributed by atoms with Crippen LogP contribution in [0.15, 0.2) is 60.8 Å². The predicted molar refractivity (Wildman–Crippen MR) is 104 cm³/mol. The lowest BCUT2D eigenvalue weighted by molar-refractivity contribution is 0.355. The van der Waals surface area contributed by atoms with Gasteiger partial charge in [0.15, 0.2) is 17.1 Å². The minimum Gasteiger partial charge on any atom is -0.497 e. The normalized spacial score (nSPS) is 10.8. The molecule has 4 aromatic rings. The van der Waals surface area contributed by atoms with Crippen molar-refractivity contribution in [3.05, 3.63) is 60.8 Å². The van der Waals surface area contributed by atoms with Crippen molar-refractivity contribution >= 4 is 11.2 Å². The third-order valence-electron chi connectivity index (χ3n) is 4.39. The van der Waals surface area contributed by atoms with Gasteiger partial charge in [-0.1, -0.05) is 0 Å². The molecule has 2 aromatic carbocycles. The molecule has 2 heterocycles. The smallest absolute Gasteiger partial charge is 0.164 e. The second-order valence-corrected chi connectivity index (χ2v) is 5.88. The van der Waals surface area contributed by atoms with Crippen LogP contribution in [0.5, 0.6) is 17.2 Å². The third kappa shape index (κ3) is 2.95. The molecule has 136 valence electrons. The Morgan fingerprint density at radius 1 is 0.815 bits per heavy atom. The number of aromatic nitrogens is 3. The summed E-state index contributed by atoms with van der Waals surface area (Å²) in [6, 6.07) is 17.4. The van der Waals surface area contributed by atoms with Crippen LogP contribution >= 0.6 is 0 Å². The van der Waals surface area contributed by atoms with Gasteiger partial charge in [-0.3, -0.25) is 4.57 Å². The van der Waals surface area contributed by atoms with Crippen molar-refractivity contribution in [2.75, 3.05) is 21.3 Å². The van der Waals surface area contributed by atoms with Gasteiger partial charge in [0.1, 0.15) is 17.1 Å². The van der Waals surface area contributed by atoms with E-state index in [0.29, 0.717) is 11.5 Å². The maximum atomic E-state index is 5.45. The summed E-state index contributed by atoms with van der Waals surface area (Å²) >= 11 is 0. The number of fused-ring (bicyclic) bond motifs is 1. The number of hydrogen-bond donors (Lipinski definition) is 0. The predicted octanol–water partition coefficient (Wildman–Crippen LogP) is 4.11. The number of pyridine rings is 1. The van der Waals surface area contributed by atoms with Crippen LogP contribution in [-0.4, -0.2) is 35.9 Å². The summed E-state index contributed by atoms with van der Waals surface area (Å²) in [6.07, 6.45) is 1.77. The molecule has 0 amide bonds. The van der Waals surface area contributed by atoms with E-state index in [0.717, 1.165) is 34.0 Å². The molecule has 0 spiro atoms. The monoisotopic (exact) mass is 361 g/mol. The first-order valence-corrected chi connectivity index (χ1v) is 8.45. The molecule has 0 radical (unpaired) electrons. The lowest BCUT2D eigenvalue weighted by Crippen LogP contribution is -1.99. The van der Waals surface area contributed by atoms with E-state index in [1.165, 1.54) is 0 Å². The highest BCUT2D eigenvalue weighted by Crippen LogP contribution is 2.34. The molecule has 0 aliphatic rings. The maximum Gasteiger partial charge on any atom is 0.164 e. The summed E-state index contributed by atoms with van der Waals surface area (Å²) < 4.78 is 18.1. The molecule has 0 fully saturated rings. The molecule has 6 nitrogen and oxygen atoms in total. The Bertz CT molecular complexity index is 1090. The van der Waals surface area contributed by atoms with Crippen LogP contribution in [0.3, 0.4) is 0 Å². The standard InChI is InChI=1S/C21H19N3O3/c1-25-16-9-7-15(8-10-16)24-20(23-17-5-4-12-22-21(17)24)14-6-11-18(26-2)19(13-14)27-3/h4-13H,1-3H3. The molecule has 2 aromatic heterocycles. The van der Waals surface area contributed by atoms with Crippen molar-refractivity contribution in [2.24, 2.45) is 0 Å². The number of nitrogens with zero attached hydrogens (tertiary/aromatic N) is 3. The molecule has 27 heavy (non-hydrogen) atoms. The zero-order chi connectivity index (χ0) is 18.8. The average Bonchev–Trinajstić information content (AvgIpc) is 3.12. The Hall–Kier alpha value is -3.54. The Balaban J connectivity index is 1.95. The summed E-state index contributed by atoms with van der Waals surface area (Å²) in [7, 11) is 4.89. The highest BCUT2D eigenvalue weighted by molar-refractivity contribution is 5.80. The zero-order valence-corrected chi connectivity index (χ0v) is 15.3. The third-order valence-corrected chi connectivity index (χ3v) is 4.39. The van der Waals surface area contributed by atoms with E-state index in [1.54, 1.807) is 27.5 Å². The molecule has 0 bridgehead atoms. The highest BCUT2D eigenvalue weighted by atomic mass is 16.5. The second kappa shape index (κ2) is 6.99. The van der Waals surface area contributed by atoms with Gasteiger partial charge in [0.25, 0.3) is 0 Å². The molecule has 0 saturated carbocycles. The molecule has 0 N–H and O–H groups in total. The largest absolute Gasteiger partial charge is 0.497 e. The van der Waals surface area contributed by atoms with Gasteiger partial charge < -0.3 is 14.2 Å². The van der Waals surface area contributed by atoms with Gasteiger partial charge in [-0.05, 0) is 54.6 Å². The van der Waals surface area contributed by atoms with E-state index in [2.05, 4.69) is 4.98 Å². The van der Waals surface area contributed by atoms with Gasteiger partial charge in [0.05, 0.1) is 21.3 Å². The van der Waals surface area contributed by atoms with Gasteiger partial charge in [-0.2, -0.15) is 0 Å². The van der Waals surface area contributed by atoms with Crippen molar-refractivity contribution in [2.45, 2.75) is 0 Å². The van der Waals surface area contributed by atoms with Crippen molar-refractivity contribution in [3.8, 4) is 34.3 Å². The van der Waals surface area contributed by atoms with E-state index < -0.39 is 0 Å². The van der Waals surface area contributed by atoms with E-state index in [4.69, 9.17) is 19.2 Å². The SMILES string of the molecule is COc1ccc(-n2c(-c3ccc(OC)c(OC)c3)nc3cccnc32)cc1. The molecular weight excluding hydrogens is 342 g/mol. The van der Waals surface area contributed by atoms with Crippen LogP contribution in [0.4, 0.5) is 0 Å². The molecule has 0 aliphatic heterocycles. The van der Waals surface area contributed by atoms with Gasteiger partial charge in [-0.15, -0.1) is 0 Å². The summed E-state index contributed by atoms with van der Waals surface area (Å²) in [5.41, 5.74) is 3.45. The van der Waals surface area contributed by atoms with Gasteiger partial charge >= 0.3 is 0 Å². The quantitative estimate of drug-likeness (QED) is 0.535. The minimum atomic E-state index is 0.649. The van der Waals surface area contributed by atoms with Crippen molar-refractivity contribution in [1.82, 2.24) is 14.5 Å². The van der Waals surface area contributed by atoms with Crippen LogP contribution < -0.4 is 14.2 Å². The van der Waals surface area contributed by atoms with Gasteiger partial charge in [0, 0.05) is 17.4 Å². The summed E-state index contributed by atoms with van der Waals surface area (Å²) in [5, 5.41) is 0. The van der Waals surface area contributed by atoms with E-state index in [-0.39, 0.29) is 0 Å². The molecule has 0 atom stereocenters. The summed E-state index contributed by atoms with van der Waals surface area (Å²) in [5.74, 6) is 2.89. The number of hydrogen-bond acceptors (Lipinski definition) is 5. The lowest BCUT2D eigenvalue weighted by atomic mass is 10.2. The Morgan fingerprint density at radius 3 is 2.30 bits per heavy atom. The fraction of sp³-hybridized carbons (Fsp3) is 0.143. The summed E-state index contributed by atoms with van der Waals surface area (Å²) in [4.78, 5) is 9.34. The van der Waals surface area contributed by atoms with Crippen LogP contribution in [0.25, 0.3) is 28.2 Å². The topological polar surface area (TPSA) is 58.4 Å². The molecule has 4 rings (SSSR count). The van der Waals surface area contributed by atoms with Crippen molar-refractivity contribution in [3.63, 3.8) is 0 Å². The molecular formula is C21H19N3O3. The summed E-state index contributed by atoms with van der Waals surface area (Å²) in [6.45, 7) is 0. The Labute approximate surface area is 157 Å². The van der Waals surface area contributed by atoms with Crippen LogP contribution in [0.2, 0.25) is 0 Å².